The highest BCUT2D eigenvalue weighted by Crippen LogP contribution is 2.29. The molecule has 8 heteroatoms. The number of pyridine rings is 2. The second kappa shape index (κ2) is 7.10. The van der Waals surface area contributed by atoms with Crippen LogP contribution in [0.4, 0.5) is 8.78 Å². The Balaban J connectivity index is 1.71. The van der Waals surface area contributed by atoms with Gasteiger partial charge in [0.05, 0.1) is 11.4 Å². The minimum Gasteiger partial charge on any atom is -0.337 e. The molecule has 28 heavy (non-hydrogen) atoms. The monoisotopic (exact) mass is 383 g/mol. The summed E-state index contributed by atoms with van der Waals surface area (Å²) in [5.41, 5.74) is 2.46. The fourth-order valence-electron chi connectivity index (χ4n) is 3.14. The third-order valence-corrected chi connectivity index (χ3v) is 4.75. The van der Waals surface area contributed by atoms with Crippen LogP contribution in [0.1, 0.15) is 28.9 Å². The molecule has 1 aliphatic heterocycles. The molecule has 0 aromatic carbocycles. The number of carbonyl (C=O) groups excluding carboxylic acids is 1. The van der Waals surface area contributed by atoms with Gasteiger partial charge in [-0.2, -0.15) is 5.10 Å². The van der Waals surface area contributed by atoms with E-state index < -0.39 is 5.92 Å². The Bertz CT molecular complexity index is 976. The number of aryl methyl sites for hydroxylation is 1. The molecule has 1 saturated heterocycles. The van der Waals surface area contributed by atoms with Crippen molar-refractivity contribution in [2.75, 3.05) is 13.1 Å². The van der Waals surface area contributed by atoms with Crippen LogP contribution in [0, 0.1) is 6.92 Å². The minimum absolute atomic E-state index is 0.0143. The van der Waals surface area contributed by atoms with Gasteiger partial charge in [0.1, 0.15) is 0 Å². The quantitative estimate of drug-likeness (QED) is 0.694. The number of halogens is 2. The minimum atomic E-state index is -2.71. The first-order chi connectivity index (χ1) is 13.4. The maximum Gasteiger partial charge on any atom is 0.274 e. The van der Waals surface area contributed by atoms with Gasteiger partial charge in [0.2, 0.25) is 0 Å². The summed E-state index contributed by atoms with van der Waals surface area (Å²) in [6.07, 6.45) is 2.72. The summed E-state index contributed by atoms with van der Waals surface area (Å²) in [5.74, 6) is -2.52. The second-order valence-electron chi connectivity index (χ2n) is 6.88. The Morgan fingerprint density at radius 1 is 1.11 bits per heavy atom. The number of nitrogens with zero attached hydrogens (tertiary/aromatic N) is 5. The van der Waals surface area contributed by atoms with Gasteiger partial charge in [0.25, 0.3) is 11.8 Å². The molecule has 0 spiro atoms. The molecule has 3 aromatic rings. The van der Waals surface area contributed by atoms with Crippen LogP contribution in [-0.2, 0) is 0 Å². The van der Waals surface area contributed by atoms with Gasteiger partial charge in [-0.05, 0) is 36.8 Å². The van der Waals surface area contributed by atoms with Crippen molar-refractivity contribution in [3.63, 3.8) is 0 Å². The highest BCUT2D eigenvalue weighted by atomic mass is 19.3. The molecule has 0 N–H and O–H groups in total. The largest absolute Gasteiger partial charge is 0.337 e. The van der Waals surface area contributed by atoms with E-state index in [-0.39, 0.29) is 37.5 Å². The summed E-state index contributed by atoms with van der Waals surface area (Å²) in [5, 5.41) is 4.43. The van der Waals surface area contributed by atoms with Crippen molar-refractivity contribution < 1.29 is 13.6 Å². The van der Waals surface area contributed by atoms with Crippen LogP contribution in [-0.4, -0.2) is 49.6 Å². The van der Waals surface area contributed by atoms with Gasteiger partial charge >= 0.3 is 0 Å². The summed E-state index contributed by atoms with van der Waals surface area (Å²) < 4.78 is 28.4. The van der Waals surface area contributed by atoms with E-state index in [9.17, 15) is 13.6 Å². The number of alkyl halides is 2. The van der Waals surface area contributed by atoms with E-state index >= 15 is 0 Å². The van der Waals surface area contributed by atoms with E-state index in [4.69, 9.17) is 0 Å². The van der Waals surface area contributed by atoms with Crippen LogP contribution in [0.5, 0.6) is 0 Å². The van der Waals surface area contributed by atoms with Gasteiger partial charge in [-0.15, -0.1) is 0 Å². The highest BCUT2D eigenvalue weighted by Gasteiger charge is 2.36. The lowest BCUT2D eigenvalue weighted by Gasteiger charge is -2.31. The number of hydrogen-bond acceptors (Lipinski definition) is 4. The molecule has 0 aliphatic carbocycles. The number of rotatable bonds is 3. The van der Waals surface area contributed by atoms with E-state index in [0.29, 0.717) is 17.2 Å². The number of aromatic nitrogens is 4. The molecule has 4 rings (SSSR count). The van der Waals surface area contributed by atoms with E-state index in [1.165, 1.54) is 4.90 Å². The van der Waals surface area contributed by atoms with Crippen LogP contribution in [0.25, 0.3) is 17.2 Å². The molecule has 144 valence electrons. The van der Waals surface area contributed by atoms with E-state index in [1.54, 1.807) is 35.3 Å². The smallest absolute Gasteiger partial charge is 0.274 e. The van der Waals surface area contributed by atoms with Crippen LogP contribution >= 0.6 is 0 Å². The molecule has 1 fully saturated rings. The average Bonchev–Trinajstić information content (AvgIpc) is 3.14. The van der Waals surface area contributed by atoms with Crippen molar-refractivity contribution in [3.8, 4) is 17.2 Å². The normalized spacial score (nSPS) is 16.2. The number of piperidine rings is 1. The molecule has 4 heterocycles. The van der Waals surface area contributed by atoms with Gasteiger partial charge < -0.3 is 4.90 Å². The van der Waals surface area contributed by atoms with Crippen LogP contribution in [0.3, 0.4) is 0 Å². The maximum absolute atomic E-state index is 13.4. The summed E-state index contributed by atoms with van der Waals surface area (Å²) in [7, 11) is 0. The standard InChI is InChI=1S/C20H19F2N5O/c1-14-5-6-15(24-13-14)17-12-16(25-27(17)18-4-2-3-9-23-18)19(28)26-10-7-20(21,22)8-11-26/h2-6,9,12-13H,7-8,10-11H2,1H3. The molecular formula is C20H19F2N5O. The molecule has 0 atom stereocenters. The zero-order valence-electron chi connectivity index (χ0n) is 15.3. The molecule has 0 unspecified atom stereocenters. The SMILES string of the molecule is Cc1ccc(-c2cc(C(=O)N3CCC(F)(F)CC3)nn2-c2ccccn2)nc1. The summed E-state index contributed by atoms with van der Waals surface area (Å²) >= 11 is 0. The van der Waals surface area contributed by atoms with Crippen LogP contribution in [0.2, 0.25) is 0 Å². The van der Waals surface area contributed by atoms with Gasteiger partial charge in [-0.25, -0.2) is 18.4 Å². The zero-order chi connectivity index (χ0) is 19.7. The molecule has 0 radical (unpaired) electrons. The fraction of sp³-hybridized carbons (Fsp3) is 0.300. The van der Waals surface area contributed by atoms with Gasteiger partial charge in [0, 0.05) is 38.3 Å². The number of carbonyl (C=O) groups is 1. The van der Waals surface area contributed by atoms with Gasteiger partial charge in [-0.1, -0.05) is 12.1 Å². The van der Waals surface area contributed by atoms with Crippen molar-refractivity contribution in [1.29, 1.82) is 0 Å². The first-order valence-electron chi connectivity index (χ1n) is 9.05. The Morgan fingerprint density at radius 3 is 2.54 bits per heavy atom. The third-order valence-electron chi connectivity index (χ3n) is 4.75. The predicted octanol–water partition coefficient (Wildman–Crippen LogP) is 3.51. The fourth-order valence-corrected chi connectivity index (χ4v) is 3.14. The molecular weight excluding hydrogens is 364 g/mol. The topological polar surface area (TPSA) is 63.9 Å². The van der Waals surface area contributed by atoms with Crippen molar-refractivity contribution in [1.82, 2.24) is 24.6 Å². The third kappa shape index (κ3) is 3.62. The molecule has 0 bridgehead atoms. The Kier molecular flexibility index (Phi) is 4.62. The van der Waals surface area contributed by atoms with Gasteiger partial charge in [0.15, 0.2) is 11.5 Å². The number of likely N-dealkylation sites (tertiary alicyclic amines) is 1. The van der Waals surface area contributed by atoms with E-state index in [0.717, 1.165) is 5.56 Å². The van der Waals surface area contributed by atoms with Crippen molar-refractivity contribution in [3.05, 3.63) is 60.0 Å². The van der Waals surface area contributed by atoms with E-state index in [2.05, 4.69) is 15.1 Å². The second-order valence-corrected chi connectivity index (χ2v) is 6.88. The molecule has 3 aromatic heterocycles. The lowest BCUT2D eigenvalue weighted by atomic mass is 10.1. The zero-order valence-corrected chi connectivity index (χ0v) is 15.3. The van der Waals surface area contributed by atoms with Crippen molar-refractivity contribution in [2.45, 2.75) is 25.7 Å². The predicted molar refractivity (Wildman–Crippen MR) is 99.4 cm³/mol. The number of amides is 1. The van der Waals surface area contributed by atoms with E-state index in [1.807, 2.05) is 25.1 Å². The Morgan fingerprint density at radius 2 is 1.89 bits per heavy atom. The van der Waals surface area contributed by atoms with Crippen LogP contribution in [0.15, 0.2) is 48.8 Å². The summed E-state index contributed by atoms with van der Waals surface area (Å²) in [6, 6.07) is 10.8. The lowest BCUT2D eigenvalue weighted by molar-refractivity contribution is -0.0495. The Labute approximate surface area is 160 Å². The summed E-state index contributed by atoms with van der Waals surface area (Å²) in [6.45, 7) is 1.97. The molecule has 0 saturated carbocycles. The molecule has 1 aliphatic rings. The lowest BCUT2D eigenvalue weighted by Crippen LogP contribution is -2.42. The summed E-state index contributed by atoms with van der Waals surface area (Å²) in [4.78, 5) is 23.0. The average molecular weight is 383 g/mol. The molecule has 1 amide bonds. The first-order valence-corrected chi connectivity index (χ1v) is 9.05. The van der Waals surface area contributed by atoms with Crippen molar-refractivity contribution >= 4 is 5.91 Å². The first kappa shape index (κ1) is 18.2. The van der Waals surface area contributed by atoms with Crippen molar-refractivity contribution in [2.24, 2.45) is 0 Å². The highest BCUT2D eigenvalue weighted by molar-refractivity contribution is 5.93. The van der Waals surface area contributed by atoms with Crippen LogP contribution < -0.4 is 0 Å². The Hall–Kier alpha value is -3.16. The maximum atomic E-state index is 13.4. The number of hydrogen-bond donors (Lipinski definition) is 0. The molecule has 6 nitrogen and oxygen atoms in total. The van der Waals surface area contributed by atoms with Gasteiger partial charge in [-0.3, -0.25) is 9.78 Å².